The van der Waals surface area contributed by atoms with Crippen LogP contribution in [0.5, 0.6) is 0 Å². The number of hydrogen-bond donors (Lipinski definition) is 2. The third kappa shape index (κ3) is 4.92. The molecule has 160 valence electrons. The lowest BCUT2D eigenvalue weighted by Gasteiger charge is -2.27. The van der Waals surface area contributed by atoms with E-state index in [9.17, 15) is 5.11 Å². The average molecular weight is 445 g/mol. The van der Waals surface area contributed by atoms with Crippen LogP contribution in [0.3, 0.4) is 0 Å². The van der Waals surface area contributed by atoms with Crippen LogP contribution < -0.4 is 9.88 Å². The number of nitrogens with zero attached hydrogens (tertiary/aromatic N) is 2. The zero-order chi connectivity index (χ0) is 21.8. The Morgan fingerprint density at radius 1 is 1.40 bits per heavy atom. The fourth-order valence-electron chi connectivity index (χ4n) is 3.86. The Bertz CT molecular complexity index is 992. The molecule has 2 aromatic rings. The van der Waals surface area contributed by atoms with Crippen molar-refractivity contribution in [1.82, 2.24) is 10.3 Å². The van der Waals surface area contributed by atoms with Crippen molar-refractivity contribution in [1.29, 1.82) is 0 Å². The van der Waals surface area contributed by atoms with Gasteiger partial charge in [0.05, 0.1) is 10.6 Å². The summed E-state index contributed by atoms with van der Waals surface area (Å²) in [4.78, 5) is 5.39. The number of aliphatic hydroxyl groups is 1. The number of pyridine rings is 1. The van der Waals surface area contributed by atoms with Gasteiger partial charge in [0.25, 0.3) is 0 Å². The summed E-state index contributed by atoms with van der Waals surface area (Å²) >= 11 is 8.27. The average Bonchev–Trinajstić information content (AvgIpc) is 3.14. The summed E-state index contributed by atoms with van der Waals surface area (Å²) in [6.45, 7) is 8.33. The van der Waals surface area contributed by atoms with E-state index < -0.39 is 6.23 Å². The van der Waals surface area contributed by atoms with Crippen LogP contribution in [0.2, 0.25) is 0 Å². The third-order valence-electron chi connectivity index (χ3n) is 5.36. The Labute approximate surface area is 188 Å². The summed E-state index contributed by atoms with van der Waals surface area (Å²) in [5, 5.41) is 15.4. The van der Waals surface area contributed by atoms with Crippen LogP contribution in [0.4, 0.5) is 0 Å². The first-order valence-corrected chi connectivity index (χ1v) is 11.7. The van der Waals surface area contributed by atoms with Crippen LogP contribution in [0.15, 0.2) is 41.7 Å². The minimum Gasteiger partial charge on any atom is -0.372 e. The van der Waals surface area contributed by atoms with Crippen molar-refractivity contribution >= 4 is 34.6 Å². The summed E-state index contributed by atoms with van der Waals surface area (Å²) < 4.78 is 2.13. The lowest BCUT2D eigenvalue weighted by Crippen LogP contribution is -2.39. The predicted octanol–water partition coefficient (Wildman–Crippen LogP) is 5.07. The van der Waals surface area contributed by atoms with E-state index in [2.05, 4.69) is 72.3 Å². The van der Waals surface area contributed by atoms with Gasteiger partial charge in [0, 0.05) is 28.7 Å². The monoisotopic (exact) mass is 444 g/mol. The molecule has 0 spiro atoms. The second-order valence-electron chi connectivity index (χ2n) is 7.82. The fourth-order valence-corrected chi connectivity index (χ4v) is 4.93. The Morgan fingerprint density at radius 3 is 2.80 bits per heavy atom. The third-order valence-corrected chi connectivity index (χ3v) is 6.66. The van der Waals surface area contributed by atoms with E-state index in [1.807, 2.05) is 13.8 Å². The van der Waals surface area contributed by atoms with Crippen molar-refractivity contribution < 1.29 is 9.67 Å². The van der Waals surface area contributed by atoms with Gasteiger partial charge in [0.1, 0.15) is 12.1 Å². The molecule has 0 fully saturated rings. The van der Waals surface area contributed by atoms with E-state index in [1.165, 1.54) is 22.5 Å². The molecule has 6 heteroatoms. The first kappa shape index (κ1) is 22.9. The first-order valence-electron chi connectivity index (χ1n) is 10.5. The number of hydrogen-bond acceptors (Lipinski definition) is 4. The van der Waals surface area contributed by atoms with Gasteiger partial charge in [-0.25, -0.2) is 9.55 Å². The highest BCUT2D eigenvalue weighted by atomic mass is 35.5. The van der Waals surface area contributed by atoms with Crippen molar-refractivity contribution in [2.24, 2.45) is 13.0 Å². The van der Waals surface area contributed by atoms with Gasteiger partial charge in [-0.3, -0.25) is 5.32 Å². The quantitative estimate of drug-likeness (QED) is 0.463. The Balaban J connectivity index is 2.02. The summed E-state index contributed by atoms with van der Waals surface area (Å²) in [6.07, 6.45) is 13.6. The molecule has 1 aliphatic rings. The number of halogens is 1. The van der Waals surface area contributed by atoms with Crippen LogP contribution in [-0.4, -0.2) is 16.1 Å². The largest absolute Gasteiger partial charge is 0.372 e. The van der Waals surface area contributed by atoms with Crippen LogP contribution in [0.25, 0.3) is 11.6 Å². The highest BCUT2D eigenvalue weighted by Gasteiger charge is 2.30. The van der Waals surface area contributed by atoms with Crippen LogP contribution in [-0.2, 0) is 13.5 Å². The lowest BCUT2D eigenvalue weighted by atomic mass is 9.88. The zero-order valence-electron chi connectivity index (χ0n) is 18.3. The topological polar surface area (TPSA) is 49.0 Å². The standard InChI is InChI=1S/C24H31ClN3OS/c1-6-8-17-10-11-28(5)22(18(17)9-7-2)19-13-21(15(3)12-20(19)25)27-23(29)24-26-14-16(4)30-24/h7,9-15,21,23,27,29H,6,8H2,1-5H3/q+1. The van der Waals surface area contributed by atoms with Crippen molar-refractivity contribution in [3.05, 3.63) is 68.4 Å². The van der Waals surface area contributed by atoms with Gasteiger partial charge in [0.15, 0.2) is 12.4 Å². The van der Waals surface area contributed by atoms with E-state index in [4.69, 9.17) is 11.6 Å². The summed E-state index contributed by atoms with van der Waals surface area (Å²) in [5.41, 5.74) is 4.60. The van der Waals surface area contributed by atoms with E-state index >= 15 is 0 Å². The maximum absolute atomic E-state index is 10.7. The second-order valence-corrected chi connectivity index (χ2v) is 9.50. The van der Waals surface area contributed by atoms with Gasteiger partial charge in [-0.1, -0.05) is 56.2 Å². The molecule has 0 bridgehead atoms. The second kappa shape index (κ2) is 10.0. The molecule has 0 aliphatic heterocycles. The number of aromatic nitrogens is 2. The maximum Gasteiger partial charge on any atom is 0.221 e. The lowest BCUT2D eigenvalue weighted by molar-refractivity contribution is -0.673. The van der Waals surface area contributed by atoms with E-state index in [-0.39, 0.29) is 12.0 Å². The number of nitrogens with one attached hydrogen (secondary N) is 1. The molecule has 3 atom stereocenters. The molecule has 1 aliphatic carbocycles. The van der Waals surface area contributed by atoms with Crippen LogP contribution in [0.1, 0.15) is 60.1 Å². The minimum absolute atomic E-state index is 0.0602. The van der Waals surface area contributed by atoms with Gasteiger partial charge >= 0.3 is 0 Å². The Kier molecular flexibility index (Phi) is 7.64. The number of aryl methyl sites for hydroxylation is 3. The van der Waals surface area contributed by atoms with Crippen molar-refractivity contribution in [2.45, 2.75) is 52.8 Å². The molecule has 3 unspecified atom stereocenters. The summed E-state index contributed by atoms with van der Waals surface area (Å²) in [5.74, 6) is 0.145. The van der Waals surface area contributed by atoms with Crippen LogP contribution in [0, 0.1) is 12.8 Å². The van der Waals surface area contributed by atoms with Gasteiger partial charge in [-0.15, -0.1) is 11.3 Å². The molecule has 0 radical (unpaired) electrons. The number of allylic oxidation sites excluding steroid dienone is 3. The Morgan fingerprint density at radius 2 is 2.17 bits per heavy atom. The number of thiazole rings is 1. The molecule has 3 rings (SSSR count). The maximum atomic E-state index is 10.7. The number of aliphatic hydroxyl groups excluding tert-OH is 1. The van der Waals surface area contributed by atoms with Gasteiger partial charge in [0.2, 0.25) is 5.69 Å². The van der Waals surface area contributed by atoms with Crippen molar-refractivity contribution in [3.63, 3.8) is 0 Å². The molecule has 0 saturated heterocycles. The van der Waals surface area contributed by atoms with E-state index in [0.717, 1.165) is 34.0 Å². The van der Waals surface area contributed by atoms with E-state index in [0.29, 0.717) is 5.01 Å². The van der Waals surface area contributed by atoms with E-state index in [1.54, 1.807) is 6.20 Å². The molecule has 30 heavy (non-hydrogen) atoms. The van der Waals surface area contributed by atoms with Crippen LogP contribution >= 0.6 is 22.9 Å². The highest BCUT2D eigenvalue weighted by Crippen LogP contribution is 2.35. The fraction of sp³-hybridized carbons (Fsp3) is 0.417. The molecule has 0 amide bonds. The first-order chi connectivity index (χ1) is 14.3. The molecular formula is C24H31ClN3OS+. The zero-order valence-corrected chi connectivity index (χ0v) is 19.9. The molecule has 2 N–H and O–H groups in total. The molecule has 4 nitrogen and oxygen atoms in total. The van der Waals surface area contributed by atoms with Gasteiger partial charge in [-0.2, -0.15) is 0 Å². The van der Waals surface area contributed by atoms with Gasteiger partial charge in [-0.05, 0) is 31.7 Å². The Hall–Kier alpha value is -1.79. The van der Waals surface area contributed by atoms with Gasteiger partial charge < -0.3 is 5.11 Å². The van der Waals surface area contributed by atoms with Crippen molar-refractivity contribution in [3.8, 4) is 0 Å². The number of rotatable bonds is 7. The normalized spacial score (nSPS) is 20.4. The summed E-state index contributed by atoms with van der Waals surface area (Å²) in [6, 6.07) is 2.13. The molecule has 2 heterocycles. The van der Waals surface area contributed by atoms with Crippen molar-refractivity contribution in [2.75, 3.05) is 0 Å². The predicted molar refractivity (Wildman–Crippen MR) is 126 cm³/mol. The molecule has 0 saturated carbocycles. The molecule has 0 aromatic carbocycles. The summed E-state index contributed by atoms with van der Waals surface area (Å²) in [7, 11) is 2.05. The highest BCUT2D eigenvalue weighted by molar-refractivity contribution is 7.11. The smallest absolute Gasteiger partial charge is 0.221 e. The molecular weight excluding hydrogens is 414 g/mol. The minimum atomic E-state index is -0.811. The SMILES string of the molecule is CC=Cc1c(CCC)cc[n+](C)c1C1=CC(NC(O)c2ncc(C)s2)C(C)C=C1Cl. The molecule has 2 aromatic heterocycles.